The number of nitrogens with one attached hydrogen (secondary N) is 1. The van der Waals surface area contributed by atoms with Crippen molar-refractivity contribution in [3.05, 3.63) is 48.1 Å². The van der Waals surface area contributed by atoms with E-state index in [2.05, 4.69) is 19.5 Å². The van der Waals surface area contributed by atoms with Crippen LogP contribution in [0, 0.1) is 0 Å². The normalized spacial score (nSPS) is 15.8. The number of oxime groups is 1. The van der Waals surface area contributed by atoms with Gasteiger partial charge in [-0.1, -0.05) is 5.16 Å². The first-order chi connectivity index (χ1) is 11.3. The van der Waals surface area contributed by atoms with Crippen LogP contribution in [-0.4, -0.2) is 33.1 Å². The number of nitrogens with zero attached hydrogens (tertiary/aromatic N) is 1. The number of methoxy groups -OCH3 is 1. The van der Waals surface area contributed by atoms with E-state index < -0.39 is 16.2 Å². The molecule has 9 heteroatoms. The van der Waals surface area contributed by atoms with Gasteiger partial charge in [0.25, 0.3) is 0 Å². The van der Waals surface area contributed by atoms with Gasteiger partial charge in [-0.2, -0.15) is 8.42 Å². The van der Waals surface area contributed by atoms with Crippen LogP contribution in [0.4, 0.5) is 10.5 Å². The highest BCUT2D eigenvalue weighted by molar-refractivity contribution is 7.86. The molecular formula is C15H14N2O6S. The highest BCUT2D eigenvalue weighted by Crippen LogP contribution is 2.17. The zero-order valence-electron chi connectivity index (χ0n) is 12.8. The first-order valence-corrected chi connectivity index (χ1v) is 8.10. The van der Waals surface area contributed by atoms with Gasteiger partial charge in [-0.05, 0) is 55.0 Å². The zero-order valence-corrected chi connectivity index (χ0v) is 13.7. The number of ether oxygens (including phenoxy) is 1. The SMILES string of the molecule is COC(=O)Nc1ccc(S(=O)(=O)O/N=C2\C=CC(=O)C=C2C)cc1. The molecule has 0 saturated carbocycles. The van der Waals surface area contributed by atoms with Crippen molar-refractivity contribution in [2.24, 2.45) is 5.16 Å². The Kier molecular flexibility index (Phi) is 5.14. The number of amides is 1. The topological polar surface area (TPSA) is 111 Å². The molecule has 0 atom stereocenters. The molecule has 1 N–H and O–H groups in total. The van der Waals surface area contributed by atoms with E-state index in [4.69, 9.17) is 0 Å². The second-order valence-corrected chi connectivity index (χ2v) is 6.24. The molecule has 0 spiro atoms. The van der Waals surface area contributed by atoms with E-state index in [1.165, 1.54) is 49.6 Å². The van der Waals surface area contributed by atoms with Crippen LogP contribution in [0.2, 0.25) is 0 Å². The standard InChI is InChI=1S/C15H14N2O6S/c1-10-9-12(18)5-8-14(10)17-23-24(20,21)13-6-3-11(4-7-13)16-15(19)22-2/h3-9H,1-2H3,(H,16,19)/b17-14+. The summed E-state index contributed by atoms with van der Waals surface area (Å²) in [6.07, 6.45) is 3.28. The van der Waals surface area contributed by atoms with Crippen LogP contribution < -0.4 is 5.32 Å². The average Bonchev–Trinajstić information content (AvgIpc) is 2.54. The number of anilines is 1. The van der Waals surface area contributed by atoms with Gasteiger partial charge in [0.2, 0.25) is 0 Å². The Morgan fingerprint density at radius 2 is 1.83 bits per heavy atom. The summed E-state index contributed by atoms with van der Waals surface area (Å²) in [5.74, 6) is -0.206. The van der Waals surface area contributed by atoms with Crippen molar-refractivity contribution in [2.75, 3.05) is 12.4 Å². The summed E-state index contributed by atoms with van der Waals surface area (Å²) in [7, 11) is -2.91. The number of benzene rings is 1. The Morgan fingerprint density at radius 1 is 1.17 bits per heavy atom. The van der Waals surface area contributed by atoms with Crippen molar-refractivity contribution in [3.8, 4) is 0 Å². The van der Waals surface area contributed by atoms with Crippen LogP contribution in [-0.2, 0) is 23.9 Å². The van der Waals surface area contributed by atoms with Crippen molar-refractivity contribution >= 4 is 33.4 Å². The molecule has 1 amide bonds. The summed E-state index contributed by atoms with van der Waals surface area (Å²) in [6, 6.07) is 5.27. The number of hydrogen-bond acceptors (Lipinski definition) is 7. The van der Waals surface area contributed by atoms with E-state index in [-0.39, 0.29) is 16.4 Å². The van der Waals surface area contributed by atoms with Crippen molar-refractivity contribution in [3.63, 3.8) is 0 Å². The van der Waals surface area contributed by atoms with Crippen molar-refractivity contribution in [2.45, 2.75) is 11.8 Å². The third kappa shape index (κ3) is 4.29. The number of hydrogen-bond donors (Lipinski definition) is 1. The van der Waals surface area contributed by atoms with E-state index in [1.807, 2.05) is 0 Å². The molecule has 0 radical (unpaired) electrons. The van der Waals surface area contributed by atoms with Crippen LogP contribution in [0.1, 0.15) is 6.92 Å². The van der Waals surface area contributed by atoms with Gasteiger partial charge in [0.05, 0.1) is 7.11 Å². The Morgan fingerprint density at radius 3 is 2.42 bits per heavy atom. The molecule has 24 heavy (non-hydrogen) atoms. The van der Waals surface area contributed by atoms with E-state index in [1.54, 1.807) is 6.92 Å². The summed E-state index contributed by atoms with van der Waals surface area (Å²) < 4.78 is 33.2. The minimum atomic E-state index is -4.12. The van der Waals surface area contributed by atoms with Gasteiger partial charge < -0.3 is 4.74 Å². The molecule has 0 fully saturated rings. The van der Waals surface area contributed by atoms with Gasteiger partial charge >= 0.3 is 16.2 Å². The maximum absolute atomic E-state index is 12.1. The highest BCUT2D eigenvalue weighted by atomic mass is 32.2. The first kappa shape index (κ1) is 17.4. The fourth-order valence-electron chi connectivity index (χ4n) is 1.74. The van der Waals surface area contributed by atoms with Crippen LogP contribution in [0.5, 0.6) is 0 Å². The van der Waals surface area contributed by atoms with Gasteiger partial charge in [0.1, 0.15) is 10.6 Å². The summed E-state index contributed by atoms with van der Waals surface area (Å²) in [4.78, 5) is 22.1. The van der Waals surface area contributed by atoms with Crippen molar-refractivity contribution < 1.29 is 27.0 Å². The predicted octanol–water partition coefficient (Wildman–Crippen LogP) is 2.01. The van der Waals surface area contributed by atoms with Crippen molar-refractivity contribution in [1.29, 1.82) is 0 Å². The Hall–Kier alpha value is -2.94. The van der Waals surface area contributed by atoms with Gasteiger partial charge in [-0.3, -0.25) is 14.4 Å². The fourth-order valence-corrected chi connectivity index (χ4v) is 2.47. The lowest BCUT2D eigenvalue weighted by molar-refractivity contribution is -0.110. The van der Waals surface area contributed by atoms with E-state index in [0.717, 1.165) is 0 Å². The molecule has 126 valence electrons. The molecule has 1 aliphatic rings. The highest BCUT2D eigenvalue weighted by Gasteiger charge is 2.17. The molecule has 8 nitrogen and oxygen atoms in total. The number of ketones is 1. The van der Waals surface area contributed by atoms with Gasteiger partial charge in [0.15, 0.2) is 5.78 Å². The largest absolute Gasteiger partial charge is 0.453 e. The Balaban J connectivity index is 2.13. The molecule has 0 aliphatic heterocycles. The summed E-state index contributed by atoms with van der Waals surface area (Å²) >= 11 is 0. The first-order valence-electron chi connectivity index (χ1n) is 6.69. The second kappa shape index (κ2) is 7.09. The number of carbonyl (C=O) groups excluding carboxylic acids is 2. The molecule has 0 aromatic heterocycles. The second-order valence-electron chi connectivity index (χ2n) is 4.71. The maximum atomic E-state index is 12.1. The third-order valence-corrected chi connectivity index (χ3v) is 4.10. The Labute approximate surface area is 138 Å². The molecule has 0 heterocycles. The van der Waals surface area contributed by atoms with Gasteiger partial charge in [-0.15, -0.1) is 0 Å². The van der Waals surface area contributed by atoms with Gasteiger partial charge in [-0.25, -0.2) is 4.79 Å². The Bertz CT molecular complexity index is 850. The molecule has 1 aliphatic carbocycles. The molecule has 1 aromatic carbocycles. The molecule has 1 aromatic rings. The monoisotopic (exact) mass is 350 g/mol. The van der Waals surface area contributed by atoms with Crippen LogP contribution in [0.25, 0.3) is 0 Å². The van der Waals surface area contributed by atoms with Crippen LogP contribution in [0.3, 0.4) is 0 Å². The van der Waals surface area contributed by atoms with Crippen LogP contribution in [0.15, 0.2) is 58.1 Å². The fraction of sp³-hybridized carbons (Fsp3) is 0.133. The third-order valence-electron chi connectivity index (χ3n) is 2.98. The average molecular weight is 350 g/mol. The summed E-state index contributed by atoms with van der Waals surface area (Å²) in [6.45, 7) is 1.61. The van der Waals surface area contributed by atoms with E-state index in [9.17, 15) is 18.0 Å². The number of allylic oxidation sites excluding steroid dienone is 4. The number of carbonyl (C=O) groups is 2. The molecular weight excluding hydrogens is 336 g/mol. The summed E-state index contributed by atoms with van der Waals surface area (Å²) in [5, 5.41) is 5.95. The minimum Gasteiger partial charge on any atom is -0.453 e. The molecule has 0 bridgehead atoms. The van der Waals surface area contributed by atoms with E-state index in [0.29, 0.717) is 11.3 Å². The smallest absolute Gasteiger partial charge is 0.411 e. The predicted molar refractivity (Wildman–Crippen MR) is 86.1 cm³/mol. The zero-order chi connectivity index (χ0) is 17.7. The lowest BCUT2D eigenvalue weighted by Gasteiger charge is -2.07. The molecule has 2 rings (SSSR count). The lowest BCUT2D eigenvalue weighted by Crippen LogP contribution is -2.11. The quantitative estimate of drug-likeness (QED) is 0.657. The summed E-state index contributed by atoms with van der Waals surface area (Å²) in [5.41, 5.74) is 1.09. The number of rotatable bonds is 4. The molecule has 0 saturated heterocycles. The maximum Gasteiger partial charge on any atom is 0.411 e. The minimum absolute atomic E-state index is 0.139. The van der Waals surface area contributed by atoms with Crippen LogP contribution >= 0.6 is 0 Å². The van der Waals surface area contributed by atoms with Gasteiger partial charge in [0, 0.05) is 5.69 Å². The lowest BCUT2D eigenvalue weighted by atomic mass is 10.1. The van der Waals surface area contributed by atoms with E-state index >= 15 is 0 Å². The van der Waals surface area contributed by atoms with Crippen molar-refractivity contribution in [1.82, 2.24) is 0 Å². The molecule has 0 unspecified atom stereocenters.